The molecule has 0 saturated carbocycles. The highest BCUT2D eigenvalue weighted by molar-refractivity contribution is 6.01. The molecule has 2 aliphatic heterocycles. The summed E-state index contributed by atoms with van der Waals surface area (Å²) in [6, 6.07) is 3.93. The van der Waals surface area contributed by atoms with Crippen LogP contribution < -0.4 is 5.32 Å². The van der Waals surface area contributed by atoms with Gasteiger partial charge in [-0.25, -0.2) is 9.59 Å². The van der Waals surface area contributed by atoms with E-state index in [1.165, 1.54) is 32.4 Å². The SMILES string of the molecule is COC(=O)c1cc(NC(=O)[C@@H]2[C@@H](C(=O)O)[C@@H]3C=C[C@H]2O3)cc(C(=O)OC)c1. The molecule has 0 aliphatic carbocycles. The van der Waals surface area contributed by atoms with Crippen LogP contribution in [-0.4, -0.2) is 55.3 Å². The largest absolute Gasteiger partial charge is 0.481 e. The van der Waals surface area contributed by atoms with E-state index >= 15 is 0 Å². The van der Waals surface area contributed by atoms with Crippen molar-refractivity contribution in [2.75, 3.05) is 19.5 Å². The standard InChI is InChI=1S/C18H17NO8/c1-25-17(23)8-5-9(18(24)26-2)7-10(6-8)19-15(20)13-11-3-4-12(27-11)14(13)16(21)22/h3-7,11-14H,1-2H3,(H,19,20)(H,21,22)/t11-,12+,13+,14+/m1/s1. The van der Waals surface area contributed by atoms with Crippen molar-refractivity contribution in [1.82, 2.24) is 0 Å². The predicted molar refractivity (Wildman–Crippen MR) is 90.2 cm³/mol. The second kappa shape index (κ2) is 7.20. The van der Waals surface area contributed by atoms with Gasteiger partial charge in [-0.15, -0.1) is 0 Å². The van der Waals surface area contributed by atoms with Crippen molar-refractivity contribution in [3.63, 3.8) is 0 Å². The number of carboxylic acids is 1. The maximum Gasteiger partial charge on any atom is 0.337 e. The molecule has 27 heavy (non-hydrogen) atoms. The molecule has 0 spiro atoms. The lowest BCUT2D eigenvalue weighted by Crippen LogP contribution is -2.39. The van der Waals surface area contributed by atoms with Crippen LogP contribution in [0.1, 0.15) is 20.7 Å². The number of anilines is 1. The number of hydrogen-bond acceptors (Lipinski definition) is 7. The van der Waals surface area contributed by atoms with Crippen molar-refractivity contribution in [2.45, 2.75) is 12.2 Å². The molecule has 1 amide bonds. The maximum absolute atomic E-state index is 12.7. The molecule has 3 rings (SSSR count). The van der Waals surface area contributed by atoms with Crippen LogP contribution in [0, 0.1) is 11.8 Å². The lowest BCUT2D eigenvalue weighted by molar-refractivity contribution is -0.145. The molecule has 0 unspecified atom stereocenters. The van der Waals surface area contributed by atoms with Gasteiger partial charge < -0.3 is 24.6 Å². The first kappa shape index (κ1) is 18.6. The number of methoxy groups -OCH3 is 2. The van der Waals surface area contributed by atoms with Gasteiger partial charge in [-0.3, -0.25) is 9.59 Å². The molecule has 1 aromatic rings. The van der Waals surface area contributed by atoms with Crippen LogP contribution in [0.5, 0.6) is 0 Å². The average molecular weight is 375 g/mol. The van der Waals surface area contributed by atoms with Gasteiger partial charge in [-0.1, -0.05) is 12.2 Å². The zero-order valence-corrected chi connectivity index (χ0v) is 14.5. The Morgan fingerprint density at radius 3 is 1.93 bits per heavy atom. The molecule has 4 atom stereocenters. The maximum atomic E-state index is 12.7. The van der Waals surface area contributed by atoms with Crippen molar-refractivity contribution in [3.8, 4) is 0 Å². The number of amides is 1. The molecule has 142 valence electrons. The molecule has 0 radical (unpaired) electrons. The Morgan fingerprint density at radius 1 is 0.926 bits per heavy atom. The molecular formula is C18H17NO8. The second-order valence-corrected chi connectivity index (χ2v) is 6.11. The second-order valence-electron chi connectivity index (χ2n) is 6.11. The van der Waals surface area contributed by atoms with Gasteiger partial charge in [0.2, 0.25) is 5.91 Å². The Morgan fingerprint density at radius 2 is 1.44 bits per heavy atom. The molecular weight excluding hydrogens is 358 g/mol. The fourth-order valence-electron chi connectivity index (χ4n) is 3.31. The minimum Gasteiger partial charge on any atom is -0.481 e. The number of carbonyl (C=O) groups is 4. The number of rotatable bonds is 5. The summed E-state index contributed by atoms with van der Waals surface area (Å²) in [5.74, 6) is -5.07. The number of hydrogen-bond donors (Lipinski definition) is 2. The van der Waals surface area contributed by atoms with Crippen LogP contribution in [0.25, 0.3) is 0 Å². The van der Waals surface area contributed by atoms with E-state index in [0.29, 0.717) is 0 Å². The molecule has 2 aliphatic rings. The van der Waals surface area contributed by atoms with Gasteiger partial charge in [0, 0.05) is 5.69 Å². The number of nitrogens with one attached hydrogen (secondary N) is 1. The molecule has 9 nitrogen and oxygen atoms in total. The molecule has 2 N–H and O–H groups in total. The van der Waals surface area contributed by atoms with E-state index in [0.717, 1.165) is 0 Å². The third-order valence-corrected chi connectivity index (χ3v) is 4.53. The minimum absolute atomic E-state index is 0.0366. The highest BCUT2D eigenvalue weighted by atomic mass is 16.5. The number of ether oxygens (including phenoxy) is 3. The fourth-order valence-corrected chi connectivity index (χ4v) is 3.31. The van der Waals surface area contributed by atoms with Crippen molar-refractivity contribution in [1.29, 1.82) is 0 Å². The van der Waals surface area contributed by atoms with E-state index in [-0.39, 0.29) is 16.8 Å². The Labute approximate surface area is 153 Å². The van der Waals surface area contributed by atoms with Crippen LogP contribution in [0.4, 0.5) is 5.69 Å². The van der Waals surface area contributed by atoms with Crippen molar-refractivity contribution >= 4 is 29.5 Å². The van der Waals surface area contributed by atoms with Gasteiger partial charge in [0.15, 0.2) is 0 Å². The van der Waals surface area contributed by atoms with Crippen LogP contribution in [0.2, 0.25) is 0 Å². The Hall–Kier alpha value is -3.20. The Bertz CT molecular complexity index is 812. The summed E-state index contributed by atoms with van der Waals surface area (Å²) in [6.07, 6.45) is 1.98. The van der Waals surface area contributed by atoms with Gasteiger partial charge in [0.05, 0.1) is 43.5 Å². The molecule has 1 saturated heterocycles. The predicted octanol–water partition coefficient (Wildman–Crippen LogP) is 0.852. The quantitative estimate of drug-likeness (QED) is 0.573. The van der Waals surface area contributed by atoms with Crippen molar-refractivity contribution < 1.29 is 38.5 Å². The summed E-state index contributed by atoms with van der Waals surface area (Å²) in [6.45, 7) is 0. The monoisotopic (exact) mass is 375 g/mol. The molecule has 2 bridgehead atoms. The topological polar surface area (TPSA) is 128 Å². The van der Waals surface area contributed by atoms with Gasteiger partial charge >= 0.3 is 17.9 Å². The lowest BCUT2D eigenvalue weighted by atomic mass is 9.82. The molecule has 2 heterocycles. The zero-order chi connectivity index (χ0) is 19.7. The third kappa shape index (κ3) is 3.41. The molecule has 1 aromatic carbocycles. The number of carbonyl (C=O) groups excluding carboxylic acids is 3. The third-order valence-electron chi connectivity index (χ3n) is 4.53. The molecule has 1 fully saturated rings. The number of benzene rings is 1. The summed E-state index contributed by atoms with van der Waals surface area (Å²) in [7, 11) is 2.36. The zero-order valence-electron chi connectivity index (χ0n) is 14.5. The average Bonchev–Trinajstić information content (AvgIpc) is 3.27. The number of fused-ring (bicyclic) bond motifs is 2. The smallest absolute Gasteiger partial charge is 0.337 e. The fraction of sp³-hybridized carbons (Fsp3) is 0.333. The van der Waals surface area contributed by atoms with Crippen molar-refractivity contribution in [2.24, 2.45) is 11.8 Å². The van der Waals surface area contributed by atoms with E-state index in [9.17, 15) is 24.3 Å². The lowest BCUT2D eigenvalue weighted by Gasteiger charge is -2.21. The van der Waals surface area contributed by atoms with Crippen LogP contribution >= 0.6 is 0 Å². The van der Waals surface area contributed by atoms with Crippen molar-refractivity contribution in [3.05, 3.63) is 41.5 Å². The highest BCUT2D eigenvalue weighted by Crippen LogP contribution is 2.40. The first-order valence-electron chi connectivity index (χ1n) is 8.05. The van der Waals surface area contributed by atoms with Crippen LogP contribution in [0.3, 0.4) is 0 Å². The normalized spacial score (nSPS) is 25.1. The Balaban J connectivity index is 1.89. The van der Waals surface area contributed by atoms with Gasteiger partial charge in [-0.2, -0.15) is 0 Å². The van der Waals surface area contributed by atoms with Crippen LogP contribution in [-0.2, 0) is 23.8 Å². The summed E-state index contributed by atoms with van der Waals surface area (Å²) >= 11 is 0. The van der Waals surface area contributed by atoms with E-state index in [4.69, 9.17) is 4.74 Å². The summed E-state index contributed by atoms with van der Waals surface area (Å²) < 4.78 is 14.8. The molecule has 9 heteroatoms. The van der Waals surface area contributed by atoms with Gasteiger partial charge in [0.25, 0.3) is 0 Å². The summed E-state index contributed by atoms with van der Waals surface area (Å²) in [4.78, 5) is 47.9. The minimum atomic E-state index is -1.13. The Kier molecular flexibility index (Phi) is 4.95. The van der Waals surface area contributed by atoms with E-state index in [1.54, 1.807) is 12.2 Å². The van der Waals surface area contributed by atoms with Gasteiger partial charge in [0.1, 0.15) is 5.92 Å². The first-order chi connectivity index (χ1) is 12.8. The number of carboxylic acid groups (broad SMARTS) is 1. The van der Waals surface area contributed by atoms with Crippen LogP contribution in [0.15, 0.2) is 30.4 Å². The number of aliphatic carboxylic acids is 1. The van der Waals surface area contributed by atoms with E-state index in [2.05, 4.69) is 14.8 Å². The first-order valence-corrected chi connectivity index (χ1v) is 8.05. The van der Waals surface area contributed by atoms with E-state index < -0.39 is 47.9 Å². The summed E-state index contributed by atoms with van der Waals surface area (Å²) in [5, 5.41) is 12.0. The van der Waals surface area contributed by atoms with Gasteiger partial charge in [-0.05, 0) is 18.2 Å². The number of esters is 2. The summed E-state index contributed by atoms with van der Waals surface area (Å²) in [5.41, 5.74) is 0.211. The van der Waals surface area contributed by atoms with E-state index in [1.807, 2.05) is 0 Å². The highest BCUT2D eigenvalue weighted by Gasteiger charge is 2.53. The molecule has 0 aromatic heterocycles.